The van der Waals surface area contributed by atoms with E-state index in [0.717, 1.165) is 31.9 Å². The molecule has 0 N–H and O–H groups in total. The topological polar surface area (TPSA) is 39.9 Å². The minimum Gasteiger partial charge on any atom is -0.376 e. The van der Waals surface area contributed by atoms with Crippen LogP contribution in [-0.2, 0) is 17.7 Å². The normalized spacial score (nSPS) is 25.6. The van der Waals surface area contributed by atoms with E-state index in [9.17, 15) is 0 Å². The van der Waals surface area contributed by atoms with E-state index in [4.69, 9.17) is 4.74 Å². The Morgan fingerprint density at radius 2 is 1.95 bits per heavy atom. The van der Waals surface area contributed by atoms with Crippen LogP contribution < -0.4 is 0 Å². The lowest BCUT2D eigenvalue weighted by Gasteiger charge is -2.22. The Bertz CT molecular complexity index is 344. The third kappa shape index (κ3) is 3.78. The van der Waals surface area contributed by atoms with Crippen LogP contribution in [0.15, 0.2) is 6.20 Å². The molecule has 1 aliphatic carbocycles. The van der Waals surface area contributed by atoms with E-state index < -0.39 is 0 Å². The number of ether oxygens (including phenoxy) is 1. The highest BCUT2D eigenvalue weighted by molar-refractivity contribution is 4.95. The maximum absolute atomic E-state index is 5.75. The van der Waals surface area contributed by atoms with E-state index in [-0.39, 0.29) is 0 Å². The molecule has 0 spiro atoms. The summed E-state index contributed by atoms with van der Waals surface area (Å²) in [5, 5.41) is 8.60. The summed E-state index contributed by atoms with van der Waals surface area (Å²) >= 11 is 0. The molecule has 2 aliphatic rings. The number of rotatable bonds is 4. The molecule has 2 heterocycles. The Kier molecular flexibility index (Phi) is 4.49. The summed E-state index contributed by atoms with van der Waals surface area (Å²) in [7, 11) is 0. The molecule has 1 aromatic heterocycles. The van der Waals surface area contributed by atoms with Crippen molar-refractivity contribution < 1.29 is 4.74 Å². The van der Waals surface area contributed by atoms with Crippen molar-refractivity contribution >= 4 is 0 Å². The fourth-order valence-electron chi connectivity index (χ4n) is 3.37. The summed E-state index contributed by atoms with van der Waals surface area (Å²) < 4.78 is 7.73. The van der Waals surface area contributed by atoms with Crippen LogP contribution in [-0.4, -0.2) is 27.7 Å². The van der Waals surface area contributed by atoms with Gasteiger partial charge in [0.1, 0.15) is 0 Å². The van der Waals surface area contributed by atoms with Crippen LogP contribution in [0.25, 0.3) is 0 Å². The second kappa shape index (κ2) is 6.51. The van der Waals surface area contributed by atoms with Crippen molar-refractivity contribution in [3.8, 4) is 0 Å². The van der Waals surface area contributed by atoms with Gasteiger partial charge in [0.2, 0.25) is 0 Å². The van der Waals surface area contributed by atoms with Gasteiger partial charge in [0.15, 0.2) is 0 Å². The van der Waals surface area contributed by atoms with Crippen LogP contribution in [0, 0.1) is 5.92 Å². The fourth-order valence-corrected chi connectivity index (χ4v) is 3.37. The van der Waals surface area contributed by atoms with E-state index in [1.165, 1.54) is 50.6 Å². The summed E-state index contributed by atoms with van der Waals surface area (Å²) in [6, 6.07) is 0. The number of aromatic nitrogens is 3. The Labute approximate surface area is 115 Å². The van der Waals surface area contributed by atoms with Crippen LogP contribution in [0.3, 0.4) is 0 Å². The van der Waals surface area contributed by atoms with E-state index >= 15 is 0 Å². The van der Waals surface area contributed by atoms with Crippen molar-refractivity contribution in [3.63, 3.8) is 0 Å². The van der Waals surface area contributed by atoms with Crippen molar-refractivity contribution in [2.24, 2.45) is 5.92 Å². The van der Waals surface area contributed by atoms with Gasteiger partial charge in [-0.15, -0.1) is 5.10 Å². The Morgan fingerprint density at radius 1 is 1.11 bits per heavy atom. The molecule has 1 aliphatic heterocycles. The van der Waals surface area contributed by atoms with Gasteiger partial charge in [-0.2, -0.15) is 0 Å². The van der Waals surface area contributed by atoms with E-state index in [2.05, 4.69) is 16.5 Å². The summed E-state index contributed by atoms with van der Waals surface area (Å²) in [5.41, 5.74) is 1.17. The van der Waals surface area contributed by atoms with Crippen molar-refractivity contribution in [2.75, 3.05) is 6.61 Å². The predicted molar refractivity (Wildman–Crippen MR) is 73.9 cm³/mol. The smallest absolute Gasteiger partial charge is 0.0829 e. The third-order valence-corrected chi connectivity index (χ3v) is 4.47. The van der Waals surface area contributed by atoms with Gasteiger partial charge in [0.05, 0.1) is 18.3 Å². The molecule has 4 heteroatoms. The molecule has 1 unspecified atom stereocenters. The Hall–Kier alpha value is -0.900. The van der Waals surface area contributed by atoms with Crippen LogP contribution in [0.2, 0.25) is 0 Å². The molecule has 19 heavy (non-hydrogen) atoms. The molecule has 1 aromatic rings. The molecule has 4 nitrogen and oxygen atoms in total. The average Bonchev–Trinajstić information content (AvgIpc) is 2.88. The zero-order chi connectivity index (χ0) is 12.9. The maximum atomic E-state index is 5.75. The van der Waals surface area contributed by atoms with Crippen LogP contribution >= 0.6 is 0 Å². The van der Waals surface area contributed by atoms with Gasteiger partial charge in [-0.1, -0.05) is 37.3 Å². The highest BCUT2D eigenvalue weighted by atomic mass is 16.5. The van der Waals surface area contributed by atoms with Gasteiger partial charge in [-0.05, 0) is 31.6 Å². The Morgan fingerprint density at radius 3 is 2.74 bits per heavy atom. The minimum absolute atomic E-state index is 0.345. The standard InChI is InChI=1S/C15H25N3O/c1-2-6-13(7-3-1)10-14-11-18(17-16-14)12-15-8-4-5-9-19-15/h11,13,15H,1-10,12H2. The Balaban J connectivity index is 1.50. The molecule has 3 rings (SSSR count). The highest BCUT2D eigenvalue weighted by Gasteiger charge is 2.17. The van der Waals surface area contributed by atoms with Crippen molar-refractivity contribution in [3.05, 3.63) is 11.9 Å². The molecule has 1 atom stereocenters. The summed E-state index contributed by atoms with van der Waals surface area (Å²) in [4.78, 5) is 0. The first-order valence-corrected chi connectivity index (χ1v) is 7.91. The second-order valence-electron chi connectivity index (χ2n) is 6.13. The van der Waals surface area contributed by atoms with Gasteiger partial charge >= 0.3 is 0 Å². The van der Waals surface area contributed by atoms with E-state index in [0.29, 0.717) is 6.10 Å². The van der Waals surface area contributed by atoms with Gasteiger partial charge in [-0.25, -0.2) is 4.68 Å². The number of hydrogen-bond acceptors (Lipinski definition) is 3. The lowest BCUT2D eigenvalue weighted by Crippen LogP contribution is -2.24. The molecule has 2 fully saturated rings. The van der Waals surface area contributed by atoms with Gasteiger partial charge in [-0.3, -0.25) is 0 Å². The molecular weight excluding hydrogens is 238 g/mol. The summed E-state index contributed by atoms with van der Waals surface area (Å²) in [5.74, 6) is 0.838. The van der Waals surface area contributed by atoms with E-state index in [1.807, 2.05) is 4.68 Å². The third-order valence-electron chi connectivity index (χ3n) is 4.47. The SMILES string of the molecule is c1c(CC2CCCCC2)nnn1CC1CCCCO1. The lowest BCUT2D eigenvalue weighted by molar-refractivity contribution is 0.00369. The summed E-state index contributed by atoms with van der Waals surface area (Å²) in [6.45, 7) is 1.78. The van der Waals surface area contributed by atoms with E-state index in [1.54, 1.807) is 0 Å². The van der Waals surface area contributed by atoms with Gasteiger partial charge in [0, 0.05) is 12.8 Å². The molecule has 1 saturated heterocycles. The molecule has 0 radical (unpaired) electrons. The first kappa shape index (κ1) is 13.1. The predicted octanol–water partition coefficient (Wildman–Crippen LogP) is 2.97. The summed E-state index contributed by atoms with van der Waals surface area (Å²) in [6.07, 6.45) is 14.2. The first-order chi connectivity index (χ1) is 9.40. The maximum Gasteiger partial charge on any atom is 0.0829 e. The zero-order valence-corrected chi connectivity index (χ0v) is 11.8. The second-order valence-corrected chi connectivity index (χ2v) is 6.13. The van der Waals surface area contributed by atoms with Gasteiger partial charge < -0.3 is 4.74 Å². The quantitative estimate of drug-likeness (QED) is 0.838. The van der Waals surface area contributed by atoms with Crippen LogP contribution in [0.5, 0.6) is 0 Å². The highest BCUT2D eigenvalue weighted by Crippen LogP contribution is 2.26. The molecule has 0 amide bonds. The monoisotopic (exact) mass is 263 g/mol. The largest absolute Gasteiger partial charge is 0.376 e. The zero-order valence-electron chi connectivity index (χ0n) is 11.8. The molecule has 106 valence electrons. The molecular formula is C15H25N3O. The molecule has 1 saturated carbocycles. The van der Waals surface area contributed by atoms with Gasteiger partial charge in [0.25, 0.3) is 0 Å². The van der Waals surface area contributed by atoms with Crippen molar-refractivity contribution in [1.82, 2.24) is 15.0 Å². The molecule has 0 bridgehead atoms. The number of nitrogens with zero attached hydrogens (tertiary/aromatic N) is 3. The van der Waals surface area contributed by atoms with Crippen LogP contribution in [0.4, 0.5) is 0 Å². The average molecular weight is 263 g/mol. The lowest BCUT2D eigenvalue weighted by atomic mass is 9.86. The minimum atomic E-state index is 0.345. The number of hydrogen-bond donors (Lipinski definition) is 0. The van der Waals surface area contributed by atoms with Crippen LogP contribution in [0.1, 0.15) is 57.1 Å². The van der Waals surface area contributed by atoms with Crippen molar-refractivity contribution in [2.45, 2.75) is 70.4 Å². The first-order valence-electron chi connectivity index (χ1n) is 7.91. The molecule has 0 aromatic carbocycles. The fraction of sp³-hybridized carbons (Fsp3) is 0.867. The van der Waals surface area contributed by atoms with Crippen molar-refractivity contribution in [1.29, 1.82) is 0 Å².